The maximum Gasteiger partial charge on any atom is 0.407 e. The number of aliphatic hydroxyl groups is 1. The summed E-state index contributed by atoms with van der Waals surface area (Å²) in [4.78, 5) is 24.4. The van der Waals surface area contributed by atoms with E-state index in [2.05, 4.69) is 5.32 Å². The molecule has 0 aromatic heterocycles. The fraction of sp³-hybridized carbons (Fsp3) is 0.548. The van der Waals surface area contributed by atoms with Crippen molar-refractivity contribution in [1.29, 1.82) is 0 Å². The molecule has 0 aliphatic carbocycles. The van der Waals surface area contributed by atoms with Crippen molar-refractivity contribution in [1.82, 2.24) is 9.62 Å². The molecule has 0 bridgehead atoms. The van der Waals surface area contributed by atoms with E-state index >= 15 is 0 Å². The molecule has 1 aliphatic heterocycles. The number of rotatable bonds is 16. The van der Waals surface area contributed by atoms with Gasteiger partial charge >= 0.3 is 6.09 Å². The number of carbonyl (C=O) groups is 2. The van der Waals surface area contributed by atoms with E-state index in [0.29, 0.717) is 44.6 Å². The van der Waals surface area contributed by atoms with E-state index in [1.54, 1.807) is 12.1 Å². The predicted octanol–water partition coefficient (Wildman–Crippen LogP) is 3.96. The Morgan fingerprint density at radius 2 is 1.83 bits per heavy atom. The van der Waals surface area contributed by atoms with E-state index in [0.717, 1.165) is 5.56 Å². The minimum Gasteiger partial charge on any atom is -0.497 e. The van der Waals surface area contributed by atoms with Crippen LogP contribution in [0.1, 0.15) is 52.0 Å². The second-order valence-electron chi connectivity index (χ2n) is 11.6. The topological polar surface area (TPSA) is 131 Å². The minimum atomic E-state index is -4.06. The van der Waals surface area contributed by atoms with Crippen LogP contribution in [-0.4, -0.2) is 81.4 Å². The number of hydrogen-bond acceptors (Lipinski definition) is 8. The molecule has 1 heterocycles. The van der Waals surface area contributed by atoms with Crippen molar-refractivity contribution >= 4 is 21.9 Å². The van der Waals surface area contributed by atoms with Crippen LogP contribution in [0.15, 0.2) is 59.5 Å². The van der Waals surface area contributed by atoms with Crippen LogP contribution in [0.25, 0.3) is 0 Å². The average Bonchev–Trinajstić information content (AvgIpc) is 3.45. The van der Waals surface area contributed by atoms with Crippen LogP contribution in [0, 0.1) is 5.41 Å². The lowest BCUT2D eigenvalue weighted by Crippen LogP contribution is -2.52. The third-order valence-corrected chi connectivity index (χ3v) is 9.13. The van der Waals surface area contributed by atoms with Gasteiger partial charge in [-0.05, 0) is 61.4 Å². The van der Waals surface area contributed by atoms with E-state index in [-0.39, 0.29) is 36.3 Å². The highest BCUT2D eigenvalue weighted by molar-refractivity contribution is 7.89. The van der Waals surface area contributed by atoms with Gasteiger partial charge in [0.25, 0.3) is 0 Å². The van der Waals surface area contributed by atoms with Crippen molar-refractivity contribution in [2.45, 2.75) is 76.0 Å². The Morgan fingerprint density at radius 1 is 1.14 bits per heavy atom. The molecule has 10 nitrogen and oxygen atoms in total. The standard InChI is InChI=1S/C31H44N2O8S/c1-23(34)9-8-17-31(2,3)22-33(42(37,38)27-14-12-25(39-4)13-15-27)20-29(35)28(19-24-10-6-5-7-11-24)32-30(36)41-26-16-18-40-21-26/h5-7,10-15,26,28-29,35H,8-9,16-22H2,1-4H3,(H,32,36)/t26?,28-,29+/m0/s1. The van der Waals surface area contributed by atoms with Crippen molar-refractivity contribution in [3.05, 3.63) is 60.2 Å². The lowest BCUT2D eigenvalue weighted by Gasteiger charge is -2.35. The predicted molar refractivity (Wildman–Crippen MR) is 159 cm³/mol. The van der Waals surface area contributed by atoms with Gasteiger partial charge in [0, 0.05) is 25.9 Å². The van der Waals surface area contributed by atoms with Crippen LogP contribution in [0.2, 0.25) is 0 Å². The van der Waals surface area contributed by atoms with Gasteiger partial charge in [0.2, 0.25) is 10.0 Å². The number of benzene rings is 2. The van der Waals surface area contributed by atoms with Crippen molar-refractivity contribution in [2.24, 2.45) is 5.41 Å². The van der Waals surface area contributed by atoms with Crippen LogP contribution in [0.5, 0.6) is 5.75 Å². The number of amides is 1. The number of sulfonamides is 1. The Bertz CT molecular complexity index is 1250. The van der Waals surface area contributed by atoms with Gasteiger partial charge in [-0.25, -0.2) is 13.2 Å². The summed E-state index contributed by atoms with van der Waals surface area (Å²) >= 11 is 0. The molecule has 0 radical (unpaired) electrons. The van der Waals surface area contributed by atoms with Gasteiger partial charge in [-0.1, -0.05) is 44.2 Å². The molecular weight excluding hydrogens is 560 g/mol. The van der Waals surface area contributed by atoms with Crippen LogP contribution in [0.4, 0.5) is 4.79 Å². The SMILES string of the molecule is COc1ccc(S(=O)(=O)N(C[C@@H](O)[C@H](Cc2ccccc2)NC(=O)OC2CCOC2)CC(C)(C)CCCC(C)=O)cc1. The van der Waals surface area contributed by atoms with Crippen molar-refractivity contribution in [3.63, 3.8) is 0 Å². The summed E-state index contributed by atoms with van der Waals surface area (Å²) in [5, 5.41) is 14.3. The maximum atomic E-state index is 14.0. The van der Waals surface area contributed by atoms with Crippen molar-refractivity contribution < 1.29 is 37.3 Å². The maximum absolute atomic E-state index is 14.0. The second kappa shape index (κ2) is 15.5. The molecule has 42 heavy (non-hydrogen) atoms. The summed E-state index contributed by atoms with van der Waals surface area (Å²) in [7, 11) is -2.56. The van der Waals surface area contributed by atoms with Gasteiger partial charge in [0.1, 0.15) is 17.6 Å². The molecule has 0 saturated carbocycles. The number of ether oxygens (including phenoxy) is 3. The van der Waals surface area contributed by atoms with Crippen LogP contribution in [-0.2, 0) is 30.7 Å². The molecule has 3 rings (SSSR count). The molecule has 1 unspecified atom stereocenters. The first-order valence-electron chi connectivity index (χ1n) is 14.3. The zero-order valence-electron chi connectivity index (χ0n) is 25.0. The van der Waals surface area contributed by atoms with Crippen molar-refractivity contribution in [2.75, 3.05) is 33.4 Å². The molecule has 0 spiro atoms. The average molecular weight is 605 g/mol. The molecule has 11 heteroatoms. The molecule has 1 aliphatic rings. The number of alkyl carbamates (subject to hydrolysis) is 1. The molecule has 232 valence electrons. The third-order valence-electron chi connectivity index (χ3n) is 7.30. The Kier molecular flexibility index (Phi) is 12.3. The second-order valence-corrected chi connectivity index (χ2v) is 13.5. The molecule has 2 aromatic rings. The number of methoxy groups -OCH3 is 1. The first kappa shape index (κ1) is 33.5. The van der Waals surface area contributed by atoms with E-state index in [1.165, 1.54) is 30.5 Å². The third kappa shape index (κ3) is 10.4. The fourth-order valence-corrected chi connectivity index (χ4v) is 6.59. The van der Waals surface area contributed by atoms with E-state index < -0.39 is 33.7 Å². The Hall–Kier alpha value is -2.99. The van der Waals surface area contributed by atoms with Gasteiger partial charge in [-0.2, -0.15) is 4.31 Å². The summed E-state index contributed by atoms with van der Waals surface area (Å²) in [6.45, 7) is 6.06. The van der Waals surface area contributed by atoms with E-state index in [9.17, 15) is 23.1 Å². The molecule has 1 saturated heterocycles. The lowest BCUT2D eigenvalue weighted by atomic mass is 9.86. The lowest BCUT2D eigenvalue weighted by molar-refractivity contribution is -0.117. The summed E-state index contributed by atoms with van der Waals surface area (Å²) in [5.74, 6) is 0.596. The number of carbonyl (C=O) groups excluding carboxylic acids is 2. The molecule has 1 amide bonds. The van der Waals surface area contributed by atoms with Gasteiger partial charge in [-0.15, -0.1) is 0 Å². The van der Waals surface area contributed by atoms with Crippen molar-refractivity contribution in [3.8, 4) is 5.75 Å². The zero-order chi connectivity index (χ0) is 30.8. The van der Waals surface area contributed by atoms with Gasteiger partial charge in [0.05, 0.1) is 37.4 Å². The number of nitrogens with zero attached hydrogens (tertiary/aromatic N) is 1. The highest BCUT2D eigenvalue weighted by Gasteiger charge is 2.35. The molecule has 3 atom stereocenters. The highest BCUT2D eigenvalue weighted by Crippen LogP contribution is 2.29. The number of aliphatic hydroxyl groups excluding tert-OH is 1. The number of hydrogen-bond donors (Lipinski definition) is 2. The van der Waals surface area contributed by atoms with Crippen LogP contribution >= 0.6 is 0 Å². The minimum absolute atomic E-state index is 0.0586. The van der Waals surface area contributed by atoms with E-state index in [4.69, 9.17) is 14.2 Å². The number of Topliss-reactive ketones (excluding diaryl/α,β-unsaturated/α-hetero) is 1. The number of nitrogens with one attached hydrogen (secondary N) is 1. The summed E-state index contributed by atoms with van der Waals surface area (Å²) in [6, 6.07) is 14.6. The molecular formula is C31H44N2O8S. The van der Waals surface area contributed by atoms with E-state index in [1.807, 2.05) is 44.2 Å². The first-order valence-corrected chi connectivity index (χ1v) is 15.7. The summed E-state index contributed by atoms with van der Waals surface area (Å²) in [6.07, 6.45) is 0.159. The first-order chi connectivity index (χ1) is 19.9. The Morgan fingerprint density at radius 3 is 2.43 bits per heavy atom. The Labute approximate surface area is 249 Å². The highest BCUT2D eigenvalue weighted by atomic mass is 32.2. The Balaban J connectivity index is 1.87. The summed E-state index contributed by atoms with van der Waals surface area (Å²) < 4.78 is 45.1. The fourth-order valence-electron chi connectivity index (χ4n) is 4.95. The molecule has 2 aromatic carbocycles. The van der Waals surface area contributed by atoms with Crippen LogP contribution in [0.3, 0.4) is 0 Å². The number of ketones is 1. The smallest absolute Gasteiger partial charge is 0.407 e. The van der Waals surface area contributed by atoms with Gasteiger partial charge in [-0.3, -0.25) is 0 Å². The summed E-state index contributed by atoms with van der Waals surface area (Å²) in [5.41, 5.74) is 0.360. The molecule has 1 fully saturated rings. The monoisotopic (exact) mass is 604 g/mol. The normalized spacial score (nSPS) is 17.0. The largest absolute Gasteiger partial charge is 0.497 e. The van der Waals surface area contributed by atoms with Crippen LogP contribution < -0.4 is 10.1 Å². The van der Waals surface area contributed by atoms with Gasteiger partial charge in [0.15, 0.2) is 0 Å². The molecule has 2 N–H and O–H groups in total. The quantitative estimate of drug-likeness (QED) is 0.294. The van der Waals surface area contributed by atoms with Gasteiger partial charge < -0.3 is 29.4 Å². The zero-order valence-corrected chi connectivity index (χ0v) is 25.8.